The van der Waals surface area contributed by atoms with Crippen LogP contribution in [0.1, 0.15) is 28.4 Å². The van der Waals surface area contributed by atoms with Crippen molar-refractivity contribution < 1.29 is 28.9 Å². The van der Waals surface area contributed by atoms with E-state index in [1.54, 1.807) is 24.3 Å². The quantitative estimate of drug-likeness (QED) is 0.640. The third-order valence-electron chi connectivity index (χ3n) is 3.90. The number of cyclic esters (lactones) is 1. The van der Waals surface area contributed by atoms with Gasteiger partial charge in [0.05, 0.1) is 20.6 Å². The lowest BCUT2D eigenvalue weighted by Crippen LogP contribution is -2.15. The Bertz CT molecular complexity index is 815. The van der Waals surface area contributed by atoms with E-state index in [0.29, 0.717) is 22.7 Å². The SMILES string of the molecule is COc1ccc2c(c1OC)C(=O)OC2CC(=O)Nc1ccc(O)cc1. The first-order valence-corrected chi connectivity index (χ1v) is 7.58. The van der Waals surface area contributed by atoms with E-state index in [2.05, 4.69) is 5.32 Å². The Morgan fingerprint density at radius 3 is 2.52 bits per heavy atom. The molecule has 0 aliphatic carbocycles. The highest BCUT2D eigenvalue weighted by Gasteiger charge is 2.36. The highest BCUT2D eigenvalue weighted by atomic mass is 16.6. The van der Waals surface area contributed by atoms with Crippen LogP contribution < -0.4 is 14.8 Å². The van der Waals surface area contributed by atoms with Crippen LogP contribution in [0.25, 0.3) is 0 Å². The van der Waals surface area contributed by atoms with Gasteiger partial charge in [0.2, 0.25) is 5.91 Å². The molecule has 7 heteroatoms. The van der Waals surface area contributed by atoms with Crippen molar-refractivity contribution in [2.45, 2.75) is 12.5 Å². The number of fused-ring (bicyclic) bond motifs is 1. The maximum Gasteiger partial charge on any atom is 0.343 e. The summed E-state index contributed by atoms with van der Waals surface area (Å²) in [6.07, 6.45) is -0.728. The number of esters is 1. The van der Waals surface area contributed by atoms with Gasteiger partial charge in [0.15, 0.2) is 11.5 Å². The Morgan fingerprint density at radius 2 is 1.88 bits per heavy atom. The summed E-state index contributed by atoms with van der Waals surface area (Å²) >= 11 is 0. The minimum Gasteiger partial charge on any atom is -0.508 e. The highest BCUT2D eigenvalue weighted by Crippen LogP contribution is 2.43. The molecule has 2 N–H and O–H groups in total. The van der Waals surface area contributed by atoms with Crippen LogP contribution in [0, 0.1) is 0 Å². The molecule has 25 heavy (non-hydrogen) atoms. The van der Waals surface area contributed by atoms with Crippen molar-refractivity contribution in [1.82, 2.24) is 0 Å². The molecule has 1 amide bonds. The van der Waals surface area contributed by atoms with E-state index < -0.39 is 12.1 Å². The van der Waals surface area contributed by atoms with Crippen LogP contribution in [0.2, 0.25) is 0 Å². The molecule has 0 radical (unpaired) electrons. The van der Waals surface area contributed by atoms with Crippen molar-refractivity contribution in [3.63, 3.8) is 0 Å². The second-order valence-electron chi connectivity index (χ2n) is 5.46. The molecule has 1 unspecified atom stereocenters. The number of aromatic hydroxyl groups is 1. The molecule has 1 aliphatic heterocycles. The number of amides is 1. The van der Waals surface area contributed by atoms with E-state index in [-0.39, 0.29) is 23.6 Å². The van der Waals surface area contributed by atoms with E-state index in [9.17, 15) is 14.7 Å². The van der Waals surface area contributed by atoms with Gasteiger partial charge in [-0.2, -0.15) is 0 Å². The lowest BCUT2D eigenvalue weighted by molar-refractivity contribution is -0.118. The Hall–Kier alpha value is -3.22. The maximum absolute atomic E-state index is 12.2. The van der Waals surface area contributed by atoms with Gasteiger partial charge in [-0.15, -0.1) is 0 Å². The molecular formula is C18H17NO6. The molecule has 7 nitrogen and oxygen atoms in total. The second-order valence-corrected chi connectivity index (χ2v) is 5.46. The third kappa shape index (κ3) is 3.21. The van der Waals surface area contributed by atoms with Crippen LogP contribution in [0.4, 0.5) is 5.69 Å². The molecule has 0 fully saturated rings. The first kappa shape index (κ1) is 16.6. The molecule has 0 spiro atoms. The maximum atomic E-state index is 12.2. The summed E-state index contributed by atoms with van der Waals surface area (Å²) in [6.45, 7) is 0. The van der Waals surface area contributed by atoms with Gasteiger partial charge in [-0.1, -0.05) is 6.07 Å². The van der Waals surface area contributed by atoms with Crippen molar-refractivity contribution >= 4 is 17.6 Å². The average molecular weight is 343 g/mol. The number of phenols is 1. The van der Waals surface area contributed by atoms with Crippen LogP contribution in [0.3, 0.4) is 0 Å². The van der Waals surface area contributed by atoms with Gasteiger partial charge in [-0.25, -0.2) is 4.79 Å². The van der Waals surface area contributed by atoms with Crippen molar-refractivity contribution in [3.05, 3.63) is 47.5 Å². The molecule has 0 aromatic heterocycles. The summed E-state index contributed by atoms with van der Waals surface area (Å²) in [5.74, 6) is -0.0316. The summed E-state index contributed by atoms with van der Waals surface area (Å²) in [5, 5.41) is 12.0. The number of anilines is 1. The van der Waals surface area contributed by atoms with E-state index in [1.165, 1.54) is 26.4 Å². The van der Waals surface area contributed by atoms with Crippen molar-refractivity contribution in [2.24, 2.45) is 0 Å². The zero-order valence-electron chi connectivity index (χ0n) is 13.7. The van der Waals surface area contributed by atoms with E-state index in [0.717, 1.165) is 0 Å². The fraction of sp³-hybridized carbons (Fsp3) is 0.222. The summed E-state index contributed by atoms with van der Waals surface area (Å²) in [6, 6.07) is 9.46. The van der Waals surface area contributed by atoms with Gasteiger partial charge in [-0.3, -0.25) is 4.79 Å². The highest BCUT2D eigenvalue weighted by molar-refractivity contribution is 5.99. The number of hydrogen-bond donors (Lipinski definition) is 2. The fourth-order valence-electron chi connectivity index (χ4n) is 2.75. The molecule has 2 aromatic carbocycles. The molecule has 1 aliphatic rings. The minimum absolute atomic E-state index is 0.0326. The van der Waals surface area contributed by atoms with Crippen LogP contribution in [-0.2, 0) is 9.53 Å². The van der Waals surface area contributed by atoms with Crippen molar-refractivity contribution in [3.8, 4) is 17.2 Å². The number of ether oxygens (including phenoxy) is 3. The molecule has 3 rings (SSSR count). The largest absolute Gasteiger partial charge is 0.508 e. The number of phenolic OH excluding ortho intramolecular Hbond substituents is 1. The Kier molecular flexibility index (Phi) is 4.47. The van der Waals surface area contributed by atoms with Crippen molar-refractivity contribution in [2.75, 3.05) is 19.5 Å². The fourth-order valence-corrected chi connectivity index (χ4v) is 2.75. The standard InChI is InChI=1S/C18H17NO6/c1-23-13-8-7-12-14(25-18(22)16(12)17(13)24-2)9-15(21)19-10-3-5-11(20)6-4-10/h3-8,14,20H,9H2,1-2H3,(H,19,21). The van der Waals surface area contributed by atoms with Crippen LogP contribution >= 0.6 is 0 Å². The first-order chi connectivity index (χ1) is 12.0. The topological polar surface area (TPSA) is 94.1 Å². The lowest BCUT2D eigenvalue weighted by atomic mass is 10.0. The molecule has 1 heterocycles. The Morgan fingerprint density at radius 1 is 1.16 bits per heavy atom. The zero-order chi connectivity index (χ0) is 18.0. The summed E-state index contributed by atoms with van der Waals surface area (Å²) in [5.41, 5.74) is 1.41. The molecule has 2 aromatic rings. The third-order valence-corrected chi connectivity index (χ3v) is 3.90. The Balaban J connectivity index is 1.79. The monoisotopic (exact) mass is 343 g/mol. The van der Waals surface area contributed by atoms with Gasteiger partial charge in [0.1, 0.15) is 17.4 Å². The van der Waals surface area contributed by atoms with Gasteiger partial charge in [0, 0.05) is 11.3 Å². The minimum atomic E-state index is -0.695. The molecule has 1 atom stereocenters. The van der Waals surface area contributed by atoms with E-state index in [4.69, 9.17) is 14.2 Å². The summed E-state index contributed by atoms with van der Waals surface area (Å²) < 4.78 is 15.8. The normalized spacial score (nSPS) is 15.3. The van der Waals surface area contributed by atoms with E-state index in [1.807, 2.05) is 0 Å². The lowest BCUT2D eigenvalue weighted by Gasteiger charge is -2.12. The van der Waals surface area contributed by atoms with Crippen LogP contribution in [0.5, 0.6) is 17.2 Å². The summed E-state index contributed by atoms with van der Waals surface area (Å²) in [7, 11) is 2.92. The Labute approximate surface area is 144 Å². The number of hydrogen-bond acceptors (Lipinski definition) is 6. The predicted molar refractivity (Wildman–Crippen MR) is 89.1 cm³/mol. The number of carbonyl (C=O) groups is 2. The molecule has 0 saturated carbocycles. The van der Waals surface area contributed by atoms with Crippen LogP contribution in [-0.4, -0.2) is 31.2 Å². The van der Waals surface area contributed by atoms with Gasteiger partial charge >= 0.3 is 5.97 Å². The molecule has 0 bridgehead atoms. The van der Waals surface area contributed by atoms with Gasteiger partial charge in [-0.05, 0) is 30.3 Å². The van der Waals surface area contributed by atoms with Crippen LogP contribution in [0.15, 0.2) is 36.4 Å². The van der Waals surface area contributed by atoms with Gasteiger partial charge in [0.25, 0.3) is 0 Å². The van der Waals surface area contributed by atoms with Gasteiger partial charge < -0.3 is 24.6 Å². The van der Waals surface area contributed by atoms with Crippen molar-refractivity contribution in [1.29, 1.82) is 0 Å². The van der Waals surface area contributed by atoms with E-state index >= 15 is 0 Å². The second kappa shape index (κ2) is 6.72. The number of nitrogens with one attached hydrogen (secondary N) is 1. The number of carbonyl (C=O) groups excluding carboxylic acids is 2. The molecular weight excluding hydrogens is 326 g/mol. The predicted octanol–water partition coefficient (Wildman–Crippen LogP) is 2.65. The smallest absolute Gasteiger partial charge is 0.343 e. The molecule has 0 saturated heterocycles. The number of methoxy groups -OCH3 is 2. The number of rotatable bonds is 5. The molecule has 130 valence electrons. The first-order valence-electron chi connectivity index (χ1n) is 7.58. The average Bonchev–Trinajstić information content (AvgIpc) is 2.91. The zero-order valence-corrected chi connectivity index (χ0v) is 13.7. The summed E-state index contributed by atoms with van der Waals surface area (Å²) in [4.78, 5) is 24.4. The number of benzene rings is 2.